The molecule has 2 saturated heterocycles. The van der Waals surface area contributed by atoms with Crippen LogP contribution in [-0.4, -0.2) is 64.1 Å². The van der Waals surface area contributed by atoms with Gasteiger partial charge in [-0.15, -0.1) is 0 Å². The van der Waals surface area contributed by atoms with Gasteiger partial charge in [-0.1, -0.05) is 41.4 Å². The molecule has 0 bridgehead atoms. The number of nitrogens with zero attached hydrogens (tertiary/aromatic N) is 4. The molecule has 0 aliphatic carbocycles. The van der Waals surface area contributed by atoms with Crippen molar-refractivity contribution in [1.82, 2.24) is 14.4 Å². The third-order valence-corrected chi connectivity index (χ3v) is 8.27. The minimum Gasteiger partial charge on any atom is -0.368 e. The zero-order chi connectivity index (χ0) is 27.0. The highest BCUT2D eigenvalue weighted by atomic mass is 35.5. The summed E-state index contributed by atoms with van der Waals surface area (Å²) in [7, 11) is 0. The molecule has 3 amide bonds. The molecule has 0 atom stereocenters. The highest BCUT2D eigenvalue weighted by Gasteiger charge is 2.37. The molecule has 2 aromatic carbocycles. The van der Waals surface area contributed by atoms with E-state index in [-0.39, 0.29) is 12.5 Å². The van der Waals surface area contributed by atoms with Gasteiger partial charge in [-0.05, 0) is 73.6 Å². The van der Waals surface area contributed by atoms with E-state index in [1.165, 1.54) is 0 Å². The van der Waals surface area contributed by atoms with Crippen LogP contribution in [0.1, 0.15) is 17.0 Å². The maximum absolute atomic E-state index is 13.1. The second-order valence-electron chi connectivity index (χ2n) is 9.23. The molecule has 5 rings (SSSR count). The van der Waals surface area contributed by atoms with Crippen LogP contribution in [-0.2, 0) is 9.59 Å². The van der Waals surface area contributed by atoms with Crippen LogP contribution in [0.25, 0.3) is 11.8 Å². The lowest BCUT2D eigenvalue weighted by Crippen LogP contribution is -2.51. The molecule has 2 aliphatic heterocycles. The van der Waals surface area contributed by atoms with Gasteiger partial charge in [0.05, 0.1) is 15.6 Å². The first-order chi connectivity index (χ1) is 18.2. The first-order valence-corrected chi connectivity index (χ1v) is 13.8. The molecule has 0 radical (unpaired) electrons. The molecule has 2 aliphatic rings. The number of hydrogen-bond donors (Lipinski definition) is 0. The van der Waals surface area contributed by atoms with Crippen molar-refractivity contribution in [3.63, 3.8) is 0 Å². The lowest BCUT2D eigenvalue weighted by Gasteiger charge is -2.36. The van der Waals surface area contributed by atoms with Gasteiger partial charge in [0.15, 0.2) is 0 Å². The number of thioether (sulfide) groups is 1. The summed E-state index contributed by atoms with van der Waals surface area (Å²) in [5.74, 6) is -0.678. The van der Waals surface area contributed by atoms with E-state index >= 15 is 0 Å². The number of carbonyl (C=O) groups is 3. The minimum absolute atomic E-state index is 0.225. The van der Waals surface area contributed by atoms with Gasteiger partial charge in [0, 0.05) is 48.3 Å². The third kappa shape index (κ3) is 5.21. The number of imide groups is 1. The topological polar surface area (TPSA) is 65.9 Å². The highest BCUT2D eigenvalue weighted by Crippen LogP contribution is 2.35. The molecule has 0 N–H and O–H groups in total. The monoisotopic (exact) mass is 568 g/mol. The number of aromatic nitrogens is 1. The van der Waals surface area contributed by atoms with Gasteiger partial charge in [-0.25, -0.2) is 0 Å². The van der Waals surface area contributed by atoms with Gasteiger partial charge in [0.25, 0.3) is 11.1 Å². The Labute approximate surface area is 235 Å². The maximum atomic E-state index is 13.1. The summed E-state index contributed by atoms with van der Waals surface area (Å²) in [5, 5.41) is 0.615. The number of anilines is 1. The molecule has 0 spiro atoms. The van der Waals surface area contributed by atoms with E-state index < -0.39 is 11.1 Å². The van der Waals surface area contributed by atoms with Crippen molar-refractivity contribution < 1.29 is 14.4 Å². The number of para-hydroxylation sites is 1. The fourth-order valence-corrected chi connectivity index (χ4v) is 6.15. The van der Waals surface area contributed by atoms with Crippen LogP contribution in [0.5, 0.6) is 0 Å². The fourth-order valence-electron chi connectivity index (χ4n) is 4.83. The van der Waals surface area contributed by atoms with Crippen LogP contribution in [0.4, 0.5) is 10.5 Å². The predicted octanol–water partition coefficient (Wildman–Crippen LogP) is 5.79. The Morgan fingerprint density at radius 3 is 2.37 bits per heavy atom. The SMILES string of the molecule is Cc1cc(/C=C2/SC(=O)N(CC(=O)N3CCN(c4ccccc4)CC3)C2=O)c(C)n1-c1ccc(Cl)cc1Cl. The lowest BCUT2D eigenvalue weighted by atomic mass is 10.2. The quantitative estimate of drug-likeness (QED) is 0.365. The number of halogens is 2. The zero-order valence-electron chi connectivity index (χ0n) is 21.0. The fraction of sp³-hybridized carbons (Fsp3) is 0.250. The maximum Gasteiger partial charge on any atom is 0.294 e. The van der Waals surface area contributed by atoms with E-state index in [0.29, 0.717) is 41.1 Å². The van der Waals surface area contributed by atoms with E-state index in [9.17, 15) is 14.4 Å². The first kappa shape index (κ1) is 26.4. The standard InChI is InChI=1S/C28H26Cl2N4O3S/c1-18-14-20(19(2)34(18)24-9-8-21(29)16-23(24)30)15-25-27(36)33(28(37)38-25)17-26(35)32-12-10-31(11-13-32)22-6-4-3-5-7-22/h3-9,14-16H,10-13,17H2,1-2H3/b25-15+. The Morgan fingerprint density at radius 1 is 0.974 bits per heavy atom. The molecule has 3 heterocycles. The summed E-state index contributed by atoms with van der Waals surface area (Å²) in [5.41, 5.74) is 4.47. The summed E-state index contributed by atoms with van der Waals surface area (Å²) in [6, 6.07) is 17.3. The van der Waals surface area contributed by atoms with Gasteiger partial charge in [-0.3, -0.25) is 19.3 Å². The van der Waals surface area contributed by atoms with E-state index in [1.54, 1.807) is 23.1 Å². The number of carbonyl (C=O) groups excluding carboxylic acids is 3. The molecule has 2 fully saturated rings. The normalized spacial score (nSPS) is 17.2. The van der Waals surface area contributed by atoms with E-state index in [2.05, 4.69) is 4.90 Å². The van der Waals surface area contributed by atoms with Gasteiger partial charge in [0.1, 0.15) is 6.54 Å². The Hall–Kier alpha value is -3.20. The van der Waals surface area contributed by atoms with Crippen molar-refractivity contribution in [3.8, 4) is 5.69 Å². The molecule has 38 heavy (non-hydrogen) atoms. The number of aryl methyl sites for hydroxylation is 1. The molecule has 196 valence electrons. The van der Waals surface area contributed by atoms with Crippen molar-refractivity contribution in [2.24, 2.45) is 0 Å². The Kier molecular flexibility index (Phi) is 7.56. The average Bonchev–Trinajstić information content (AvgIpc) is 3.33. The smallest absolute Gasteiger partial charge is 0.294 e. The van der Waals surface area contributed by atoms with E-state index in [1.807, 2.05) is 60.9 Å². The number of amides is 3. The van der Waals surface area contributed by atoms with Crippen molar-refractivity contribution in [2.75, 3.05) is 37.6 Å². The molecular weight excluding hydrogens is 543 g/mol. The molecular formula is C28H26Cl2N4O3S. The van der Waals surface area contributed by atoms with E-state index in [4.69, 9.17) is 23.2 Å². The molecule has 3 aromatic rings. The van der Waals surface area contributed by atoms with Crippen molar-refractivity contribution in [2.45, 2.75) is 13.8 Å². The summed E-state index contributed by atoms with van der Waals surface area (Å²) in [6.45, 7) is 6.09. The van der Waals surface area contributed by atoms with Gasteiger partial charge in [-0.2, -0.15) is 0 Å². The predicted molar refractivity (Wildman–Crippen MR) is 153 cm³/mol. The number of hydrogen-bond acceptors (Lipinski definition) is 5. The Bertz CT molecular complexity index is 1450. The average molecular weight is 570 g/mol. The summed E-state index contributed by atoms with van der Waals surface area (Å²) < 4.78 is 1.98. The Balaban J connectivity index is 1.27. The molecule has 7 nitrogen and oxygen atoms in total. The summed E-state index contributed by atoms with van der Waals surface area (Å²) in [6.07, 6.45) is 1.71. The van der Waals surface area contributed by atoms with Crippen LogP contribution in [0.2, 0.25) is 10.0 Å². The van der Waals surface area contributed by atoms with Crippen LogP contribution in [0.3, 0.4) is 0 Å². The minimum atomic E-state index is -0.453. The first-order valence-electron chi connectivity index (χ1n) is 12.2. The second kappa shape index (κ2) is 10.9. The summed E-state index contributed by atoms with van der Waals surface area (Å²) >= 11 is 13.3. The molecule has 10 heteroatoms. The van der Waals surface area contributed by atoms with Gasteiger partial charge >= 0.3 is 0 Å². The van der Waals surface area contributed by atoms with Gasteiger partial charge < -0.3 is 14.4 Å². The molecule has 0 unspecified atom stereocenters. The number of benzene rings is 2. The number of piperazine rings is 1. The van der Waals surface area contributed by atoms with Gasteiger partial charge in [0.2, 0.25) is 5.91 Å². The zero-order valence-corrected chi connectivity index (χ0v) is 23.3. The molecule has 1 aromatic heterocycles. The van der Waals surface area contributed by atoms with Crippen LogP contribution < -0.4 is 4.90 Å². The van der Waals surface area contributed by atoms with Crippen molar-refractivity contribution in [1.29, 1.82) is 0 Å². The van der Waals surface area contributed by atoms with Crippen LogP contribution in [0, 0.1) is 13.8 Å². The summed E-state index contributed by atoms with van der Waals surface area (Å²) in [4.78, 5) is 44.1. The van der Waals surface area contributed by atoms with E-state index in [0.717, 1.165) is 45.0 Å². The molecule has 0 saturated carbocycles. The Morgan fingerprint density at radius 2 is 1.68 bits per heavy atom. The third-order valence-electron chi connectivity index (χ3n) is 6.83. The van der Waals surface area contributed by atoms with Crippen LogP contribution >= 0.6 is 35.0 Å². The largest absolute Gasteiger partial charge is 0.368 e. The second-order valence-corrected chi connectivity index (χ2v) is 11.1. The number of rotatable bonds is 5. The highest BCUT2D eigenvalue weighted by molar-refractivity contribution is 8.18. The van der Waals surface area contributed by atoms with Crippen LogP contribution in [0.15, 0.2) is 59.5 Å². The van der Waals surface area contributed by atoms with Crippen molar-refractivity contribution >= 4 is 63.8 Å². The van der Waals surface area contributed by atoms with Crippen molar-refractivity contribution in [3.05, 3.63) is 86.5 Å². The lowest BCUT2D eigenvalue weighted by molar-refractivity contribution is -0.136.